The number of benzene rings is 2. The second-order valence-corrected chi connectivity index (χ2v) is 5.23. The first-order valence-corrected chi connectivity index (χ1v) is 7.24. The normalized spacial score (nSPS) is 10.4. The minimum Gasteiger partial charge on any atom is -0.494 e. The molecule has 0 radical (unpaired) electrons. The number of hydrogen-bond donors (Lipinski definition) is 1. The molecule has 0 saturated carbocycles. The first-order chi connectivity index (χ1) is 9.28. The summed E-state index contributed by atoms with van der Waals surface area (Å²) in [4.78, 5) is 0. The first kappa shape index (κ1) is 14.1. The van der Waals surface area contributed by atoms with Crippen molar-refractivity contribution in [3.8, 4) is 5.75 Å². The maximum absolute atomic E-state index is 5.49. The van der Waals surface area contributed by atoms with Crippen molar-refractivity contribution in [3.63, 3.8) is 0 Å². The summed E-state index contributed by atoms with van der Waals surface area (Å²) < 4.78 is 6.61. The van der Waals surface area contributed by atoms with Crippen LogP contribution in [-0.2, 0) is 13.1 Å². The van der Waals surface area contributed by atoms with Crippen molar-refractivity contribution in [2.24, 2.45) is 0 Å². The molecule has 0 atom stereocenters. The average molecular weight is 320 g/mol. The standard InChI is InChI=1S/C16H18BrNO/c1-2-19-16-8-4-6-14(10-16)12-18-11-13-5-3-7-15(17)9-13/h3-10,18H,2,11-12H2,1H3. The molecule has 0 fully saturated rings. The predicted octanol–water partition coefficient (Wildman–Crippen LogP) is 4.14. The summed E-state index contributed by atoms with van der Waals surface area (Å²) in [5.41, 5.74) is 2.51. The molecular formula is C16H18BrNO. The fourth-order valence-corrected chi connectivity index (χ4v) is 2.36. The molecule has 0 aliphatic heterocycles. The van der Waals surface area contributed by atoms with Crippen LogP contribution in [0.15, 0.2) is 53.0 Å². The van der Waals surface area contributed by atoms with Crippen LogP contribution in [0.25, 0.3) is 0 Å². The molecule has 0 aromatic heterocycles. The molecule has 0 heterocycles. The fourth-order valence-electron chi connectivity index (χ4n) is 1.91. The summed E-state index contributed by atoms with van der Waals surface area (Å²) in [7, 11) is 0. The Bertz CT molecular complexity index is 528. The highest BCUT2D eigenvalue weighted by molar-refractivity contribution is 9.10. The van der Waals surface area contributed by atoms with Gasteiger partial charge in [0.25, 0.3) is 0 Å². The Balaban J connectivity index is 1.87. The maximum Gasteiger partial charge on any atom is 0.119 e. The van der Waals surface area contributed by atoms with E-state index in [1.807, 2.05) is 25.1 Å². The van der Waals surface area contributed by atoms with Crippen LogP contribution >= 0.6 is 15.9 Å². The maximum atomic E-state index is 5.49. The lowest BCUT2D eigenvalue weighted by atomic mass is 10.2. The van der Waals surface area contributed by atoms with E-state index in [0.29, 0.717) is 6.61 Å². The average Bonchev–Trinajstić information content (AvgIpc) is 2.40. The van der Waals surface area contributed by atoms with Gasteiger partial charge in [0.1, 0.15) is 5.75 Å². The Hall–Kier alpha value is -1.32. The second kappa shape index (κ2) is 7.31. The van der Waals surface area contributed by atoms with Gasteiger partial charge in [-0.1, -0.05) is 40.2 Å². The molecular weight excluding hydrogens is 302 g/mol. The molecule has 2 nitrogen and oxygen atoms in total. The van der Waals surface area contributed by atoms with E-state index in [0.717, 1.165) is 23.3 Å². The van der Waals surface area contributed by atoms with Crippen LogP contribution in [0.2, 0.25) is 0 Å². The third-order valence-electron chi connectivity index (χ3n) is 2.76. The van der Waals surface area contributed by atoms with Gasteiger partial charge in [-0.25, -0.2) is 0 Å². The van der Waals surface area contributed by atoms with Gasteiger partial charge in [-0.3, -0.25) is 0 Å². The third kappa shape index (κ3) is 4.69. The van der Waals surface area contributed by atoms with Gasteiger partial charge in [-0.15, -0.1) is 0 Å². The molecule has 0 saturated heterocycles. The summed E-state index contributed by atoms with van der Waals surface area (Å²) in [6, 6.07) is 16.5. The van der Waals surface area contributed by atoms with Crippen LogP contribution in [0.1, 0.15) is 18.1 Å². The topological polar surface area (TPSA) is 21.3 Å². The summed E-state index contributed by atoms with van der Waals surface area (Å²) in [5.74, 6) is 0.934. The van der Waals surface area contributed by atoms with E-state index in [4.69, 9.17) is 4.74 Å². The molecule has 3 heteroatoms. The predicted molar refractivity (Wildman–Crippen MR) is 82.3 cm³/mol. The molecule has 1 N–H and O–H groups in total. The van der Waals surface area contributed by atoms with Crippen LogP contribution in [0.5, 0.6) is 5.75 Å². The zero-order valence-electron chi connectivity index (χ0n) is 11.0. The van der Waals surface area contributed by atoms with Crippen molar-refractivity contribution >= 4 is 15.9 Å². The van der Waals surface area contributed by atoms with Gasteiger partial charge >= 0.3 is 0 Å². The molecule has 0 aliphatic rings. The smallest absolute Gasteiger partial charge is 0.119 e. The summed E-state index contributed by atoms with van der Waals surface area (Å²) in [5, 5.41) is 3.44. The van der Waals surface area contributed by atoms with E-state index in [-0.39, 0.29) is 0 Å². The van der Waals surface area contributed by atoms with Gasteiger partial charge in [0.15, 0.2) is 0 Å². The Morgan fingerprint density at radius 1 is 1.00 bits per heavy atom. The highest BCUT2D eigenvalue weighted by Crippen LogP contribution is 2.14. The Morgan fingerprint density at radius 2 is 1.68 bits per heavy atom. The van der Waals surface area contributed by atoms with E-state index in [9.17, 15) is 0 Å². The van der Waals surface area contributed by atoms with Crippen LogP contribution in [0.4, 0.5) is 0 Å². The Labute approximate surface area is 122 Å². The van der Waals surface area contributed by atoms with Crippen molar-refractivity contribution in [3.05, 3.63) is 64.1 Å². The van der Waals surface area contributed by atoms with Crippen molar-refractivity contribution in [2.75, 3.05) is 6.61 Å². The number of ether oxygens (including phenoxy) is 1. The molecule has 19 heavy (non-hydrogen) atoms. The quantitative estimate of drug-likeness (QED) is 0.864. The zero-order chi connectivity index (χ0) is 13.5. The zero-order valence-corrected chi connectivity index (χ0v) is 12.6. The molecule has 2 aromatic rings. The van der Waals surface area contributed by atoms with Crippen molar-refractivity contribution < 1.29 is 4.74 Å². The monoisotopic (exact) mass is 319 g/mol. The molecule has 0 aliphatic carbocycles. The van der Waals surface area contributed by atoms with Crippen molar-refractivity contribution in [1.29, 1.82) is 0 Å². The number of hydrogen-bond acceptors (Lipinski definition) is 2. The third-order valence-corrected chi connectivity index (χ3v) is 3.25. The number of halogens is 1. The van der Waals surface area contributed by atoms with Gasteiger partial charge < -0.3 is 10.1 Å². The minimum absolute atomic E-state index is 0.703. The largest absolute Gasteiger partial charge is 0.494 e. The Morgan fingerprint density at radius 3 is 2.37 bits per heavy atom. The molecule has 2 aromatic carbocycles. The van der Waals surface area contributed by atoms with E-state index in [1.165, 1.54) is 11.1 Å². The molecule has 100 valence electrons. The summed E-state index contributed by atoms with van der Waals surface area (Å²) in [6.45, 7) is 4.40. The molecule has 2 rings (SSSR count). The first-order valence-electron chi connectivity index (χ1n) is 6.45. The van der Waals surface area contributed by atoms with E-state index in [2.05, 4.69) is 51.6 Å². The summed E-state index contributed by atoms with van der Waals surface area (Å²) >= 11 is 3.48. The Kier molecular flexibility index (Phi) is 5.43. The van der Waals surface area contributed by atoms with E-state index < -0.39 is 0 Å². The highest BCUT2D eigenvalue weighted by Gasteiger charge is 1.97. The number of rotatable bonds is 6. The van der Waals surface area contributed by atoms with Gasteiger partial charge in [0.2, 0.25) is 0 Å². The van der Waals surface area contributed by atoms with Crippen LogP contribution < -0.4 is 10.1 Å². The van der Waals surface area contributed by atoms with E-state index >= 15 is 0 Å². The molecule has 0 spiro atoms. The SMILES string of the molecule is CCOc1cccc(CNCc2cccc(Br)c2)c1. The molecule has 0 bridgehead atoms. The highest BCUT2D eigenvalue weighted by atomic mass is 79.9. The van der Waals surface area contributed by atoms with Gasteiger partial charge in [0.05, 0.1) is 6.61 Å². The second-order valence-electron chi connectivity index (χ2n) is 4.31. The lowest BCUT2D eigenvalue weighted by Gasteiger charge is -2.08. The van der Waals surface area contributed by atoms with Gasteiger partial charge in [0, 0.05) is 17.6 Å². The lowest BCUT2D eigenvalue weighted by Crippen LogP contribution is -2.12. The fraction of sp³-hybridized carbons (Fsp3) is 0.250. The lowest BCUT2D eigenvalue weighted by molar-refractivity contribution is 0.340. The van der Waals surface area contributed by atoms with Crippen LogP contribution in [0.3, 0.4) is 0 Å². The van der Waals surface area contributed by atoms with Crippen molar-refractivity contribution in [2.45, 2.75) is 20.0 Å². The minimum atomic E-state index is 0.703. The molecule has 0 amide bonds. The molecule has 0 unspecified atom stereocenters. The number of nitrogens with one attached hydrogen (secondary N) is 1. The summed E-state index contributed by atoms with van der Waals surface area (Å²) in [6.07, 6.45) is 0. The van der Waals surface area contributed by atoms with Gasteiger partial charge in [-0.05, 0) is 42.3 Å². The van der Waals surface area contributed by atoms with E-state index in [1.54, 1.807) is 0 Å². The van der Waals surface area contributed by atoms with Crippen LogP contribution in [-0.4, -0.2) is 6.61 Å². The van der Waals surface area contributed by atoms with Crippen molar-refractivity contribution in [1.82, 2.24) is 5.32 Å². The van der Waals surface area contributed by atoms with Gasteiger partial charge in [-0.2, -0.15) is 0 Å². The van der Waals surface area contributed by atoms with Crippen LogP contribution in [0, 0.1) is 0 Å².